The summed E-state index contributed by atoms with van der Waals surface area (Å²) in [6.45, 7) is 3.34. The van der Waals surface area contributed by atoms with Crippen LogP contribution in [0.5, 0.6) is 0 Å². The summed E-state index contributed by atoms with van der Waals surface area (Å²) in [5.74, 6) is 0. The van der Waals surface area contributed by atoms with Gasteiger partial charge in [-0.15, -0.1) is 0 Å². The van der Waals surface area contributed by atoms with E-state index in [1.807, 2.05) is 0 Å². The lowest BCUT2D eigenvalue weighted by Crippen LogP contribution is -2.11. The molecule has 0 unspecified atom stereocenters. The molecule has 0 spiro atoms. The van der Waals surface area contributed by atoms with Crippen LogP contribution in [0.1, 0.15) is 5.56 Å². The lowest BCUT2D eigenvalue weighted by molar-refractivity contribution is -0.383. The molecule has 0 aliphatic heterocycles. The highest BCUT2D eigenvalue weighted by Gasteiger charge is 2.29. The Morgan fingerprint density at radius 3 is 2.47 bits per heavy atom. The van der Waals surface area contributed by atoms with Crippen molar-refractivity contribution in [3.63, 3.8) is 0 Å². The van der Waals surface area contributed by atoms with Gasteiger partial charge in [-0.25, -0.2) is 0 Å². The second-order valence-corrected chi connectivity index (χ2v) is 4.29. The lowest BCUT2D eigenvalue weighted by Gasteiger charge is -2.06. The molecule has 0 radical (unpaired) electrons. The fourth-order valence-corrected chi connectivity index (χ4v) is 1.91. The zero-order valence-corrected chi connectivity index (χ0v) is 8.42. The Hall–Kier alpha value is -1.49. The molecule has 1 aromatic rings. The molecule has 0 amide bonds. The summed E-state index contributed by atoms with van der Waals surface area (Å²) in [7, 11) is -4.64. The van der Waals surface area contributed by atoms with Crippen LogP contribution >= 0.6 is 7.60 Å². The van der Waals surface area contributed by atoms with Crippen LogP contribution in [0, 0.1) is 10.1 Å². The highest BCUT2D eigenvalue weighted by Crippen LogP contribution is 2.38. The number of nitro benzene ring substituents is 1. The van der Waals surface area contributed by atoms with Crippen LogP contribution in [0.25, 0.3) is 6.08 Å². The maximum atomic E-state index is 11.0. The third kappa shape index (κ3) is 2.30. The molecule has 15 heavy (non-hydrogen) atoms. The van der Waals surface area contributed by atoms with Gasteiger partial charge in [0.15, 0.2) is 0 Å². The number of benzene rings is 1. The highest BCUT2D eigenvalue weighted by atomic mass is 31.2. The van der Waals surface area contributed by atoms with Gasteiger partial charge < -0.3 is 9.79 Å². The Balaban J connectivity index is 3.60. The van der Waals surface area contributed by atoms with Gasteiger partial charge in [-0.3, -0.25) is 14.7 Å². The Labute approximate surface area is 85.2 Å². The van der Waals surface area contributed by atoms with Gasteiger partial charge in [-0.2, -0.15) is 0 Å². The molecule has 0 heterocycles. The first-order chi connectivity index (χ1) is 6.88. The van der Waals surface area contributed by atoms with Gasteiger partial charge in [-0.1, -0.05) is 18.7 Å². The van der Waals surface area contributed by atoms with Crippen LogP contribution in [0.3, 0.4) is 0 Å². The first-order valence-corrected chi connectivity index (χ1v) is 5.45. The van der Waals surface area contributed by atoms with E-state index in [9.17, 15) is 14.7 Å². The van der Waals surface area contributed by atoms with Gasteiger partial charge >= 0.3 is 7.60 Å². The number of nitrogens with zero attached hydrogens (tertiary/aromatic N) is 1. The molecule has 0 aliphatic rings. The Bertz CT molecular complexity index is 464. The maximum Gasteiger partial charge on any atom is 0.363 e. The molecule has 0 saturated heterocycles. The normalized spacial score (nSPS) is 11.1. The number of para-hydroxylation sites is 1. The highest BCUT2D eigenvalue weighted by molar-refractivity contribution is 7.60. The lowest BCUT2D eigenvalue weighted by atomic mass is 10.2. The quantitative estimate of drug-likeness (QED) is 0.458. The average Bonchev–Trinajstić information content (AvgIpc) is 2.15. The number of nitro groups is 1. The van der Waals surface area contributed by atoms with E-state index in [2.05, 4.69) is 6.58 Å². The predicted molar refractivity (Wildman–Crippen MR) is 54.9 cm³/mol. The van der Waals surface area contributed by atoms with Crippen molar-refractivity contribution in [3.05, 3.63) is 40.5 Å². The van der Waals surface area contributed by atoms with Crippen LogP contribution in [-0.4, -0.2) is 14.7 Å². The number of hydrogen-bond acceptors (Lipinski definition) is 3. The van der Waals surface area contributed by atoms with Crippen molar-refractivity contribution >= 4 is 24.7 Å². The van der Waals surface area contributed by atoms with E-state index in [1.165, 1.54) is 18.2 Å². The van der Waals surface area contributed by atoms with E-state index in [-0.39, 0.29) is 5.56 Å². The van der Waals surface area contributed by atoms with Crippen molar-refractivity contribution in [2.75, 3.05) is 0 Å². The van der Waals surface area contributed by atoms with E-state index in [1.54, 1.807) is 0 Å². The van der Waals surface area contributed by atoms with Crippen molar-refractivity contribution in [3.8, 4) is 0 Å². The van der Waals surface area contributed by atoms with E-state index >= 15 is 0 Å². The number of hydrogen-bond donors (Lipinski definition) is 2. The molecule has 1 aromatic carbocycles. The van der Waals surface area contributed by atoms with E-state index < -0.39 is 23.5 Å². The molecule has 0 bridgehead atoms. The molecule has 0 atom stereocenters. The molecule has 6 nitrogen and oxygen atoms in total. The predicted octanol–water partition coefficient (Wildman–Crippen LogP) is 1.04. The molecule has 0 saturated carbocycles. The largest absolute Gasteiger partial charge is 0.363 e. The molecular formula is C8H8NO5P. The first kappa shape index (κ1) is 11.6. The summed E-state index contributed by atoms with van der Waals surface area (Å²) in [6.07, 6.45) is 1.18. The smallest absolute Gasteiger partial charge is 0.321 e. The third-order valence-corrected chi connectivity index (χ3v) is 2.75. The van der Waals surface area contributed by atoms with Crippen LogP contribution in [0.15, 0.2) is 24.8 Å². The molecule has 0 aromatic heterocycles. The first-order valence-electron chi connectivity index (χ1n) is 3.84. The molecule has 0 aliphatic carbocycles. The topological polar surface area (TPSA) is 101 Å². The van der Waals surface area contributed by atoms with Crippen molar-refractivity contribution in [2.45, 2.75) is 0 Å². The van der Waals surface area contributed by atoms with Gasteiger partial charge in [0.2, 0.25) is 0 Å². The second kappa shape index (κ2) is 3.94. The average molecular weight is 229 g/mol. The van der Waals surface area contributed by atoms with Crippen LogP contribution in [0.2, 0.25) is 0 Å². The van der Waals surface area contributed by atoms with Gasteiger partial charge in [0.05, 0.1) is 10.5 Å². The van der Waals surface area contributed by atoms with Crippen LogP contribution in [-0.2, 0) is 4.57 Å². The van der Waals surface area contributed by atoms with Crippen molar-refractivity contribution in [1.82, 2.24) is 0 Å². The van der Waals surface area contributed by atoms with Gasteiger partial charge in [0.25, 0.3) is 5.69 Å². The molecule has 7 heteroatoms. The third-order valence-electron chi connectivity index (χ3n) is 1.76. The SMILES string of the molecule is C=Cc1cccc(P(=O)(O)O)c1[N+](=O)[O-]. The Kier molecular flexibility index (Phi) is 3.04. The fraction of sp³-hybridized carbons (Fsp3) is 0. The van der Waals surface area contributed by atoms with Crippen molar-refractivity contribution in [2.24, 2.45) is 0 Å². The minimum atomic E-state index is -4.64. The Morgan fingerprint density at radius 2 is 2.07 bits per heavy atom. The molecule has 0 fully saturated rings. The summed E-state index contributed by atoms with van der Waals surface area (Å²) >= 11 is 0. The Morgan fingerprint density at radius 1 is 1.47 bits per heavy atom. The summed E-state index contributed by atoms with van der Waals surface area (Å²) in [4.78, 5) is 27.7. The molecule has 2 N–H and O–H groups in total. The summed E-state index contributed by atoms with van der Waals surface area (Å²) < 4.78 is 11.0. The molecular weight excluding hydrogens is 221 g/mol. The zero-order valence-electron chi connectivity index (χ0n) is 7.53. The minimum Gasteiger partial charge on any atom is -0.321 e. The second-order valence-electron chi connectivity index (χ2n) is 2.72. The fourth-order valence-electron chi connectivity index (χ4n) is 1.15. The summed E-state index contributed by atoms with van der Waals surface area (Å²) in [5.41, 5.74) is -0.512. The standard InChI is InChI=1S/C8H8NO5P/c1-2-6-4-3-5-7(15(12,13)14)8(6)9(10)11/h2-5H,1H2,(H2,12,13,14). The zero-order chi connectivity index (χ0) is 11.6. The summed E-state index contributed by atoms with van der Waals surface area (Å²) in [6, 6.07) is 3.73. The number of rotatable bonds is 3. The van der Waals surface area contributed by atoms with Crippen LogP contribution < -0.4 is 5.30 Å². The van der Waals surface area contributed by atoms with Gasteiger partial charge in [-0.05, 0) is 12.1 Å². The monoisotopic (exact) mass is 229 g/mol. The van der Waals surface area contributed by atoms with E-state index in [4.69, 9.17) is 9.79 Å². The molecule has 1 rings (SSSR count). The van der Waals surface area contributed by atoms with Gasteiger partial charge in [0, 0.05) is 0 Å². The van der Waals surface area contributed by atoms with E-state index in [0.29, 0.717) is 0 Å². The van der Waals surface area contributed by atoms with E-state index in [0.717, 1.165) is 6.07 Å². The minimum absolute atomic E-state index is 0.0841. The van der Waals surface area contributed by atoms with Crippen molar-refractivity contribution < 1.29 is 19.3 Å². The van der Waals surface area contributed by atoms with Gasteiger partial charge in [0.1, 0.15) is 5.30 Å². The molecule has 80 valence electrons. The van der Waals surface area contributed by atoms with Crippen molar-refractivity contribution in [1.29, 1.82) is 0 Å². The van der Waals surface area contributed by atoms with Crippen LogP contribution in [0.4, 0.5) is 5.69 Å². The maximum absolute atomic E-state index is 11.0. The summed E-state index contributed by atoms with van der Waals surface area (Å²) in [5, 5.41) is 10.1.